The summed E-state index contributed by atoms with van der Waals surface area (Å²) in [6.07, 6.45) is 0. The minimum atomic E-state index is -0.757. The van der Waals surface area contributed by atoms with E-state index in [9.17, 15) is 14.0 Å². The summed E-state index contributed by atoms with van der Waals surface area (Å²) in [5, 5.41) is 14.1. The van der Waals surface area contributed by atoms with Crippen molar-refractivity contribution in [3.05, 3.63) is 93.2 Å². The zero-order chi connectivity index (χ0) is 22.8. The van der Waals surface area contributed by atoms with Crippen molar-refractivity contribution in [3.8, 4) is 0 Å². The largest absolute Gasteiger partial charge is 0.353 e. The molecule has 3 N–H and O–H groups in total. The molecule has 3 aromatic carbocycles. The molecule has 2 amide bonds. The van der Waals surface area contributed by atoms with Crippen LogP contribution >= 0.6 is 23.2 Å². The molecule has 0 atom stereocenters. The molecule has 1 fully saturated rings. The highest BCUT2D eigenvalue weighted by molar-refractivity contribution is 6.31. The molecule has 1 aliphatic heterocycles. The van der Waals surface area contributed by atoms with Crippen molar-refractivity contribution in [1.82, 2.24) is 4.90 Å². The molecule has 0 aromatic heterocycles. The molecular weight excluding hydrogens is 454 g/mol. The highest BCUT2D eigenvalue weighted by Gasteiger charge is 2.24. The smallest absolute Gasteiger partial charge is 0.258 e. The Hall–Kier alpha value is -3.42. The molecule has 0 spiro atoms. The molecule has 1 saturated heterocycles. The van der Waals surface area contributed by atoms with Crippen molar-refractivity contribution in [2.75, 3.05) is 23.7 Å². The second-order valence-corrected chi connectivity index (χ2v) is 8.01. The Bertz CT molecular complexity index is 1230. The third kappa shape index (κ3) is 4.90. The Morgan fingerprint density at radius 2 is 1.50 bits per heavy atom. The summed E-state index contributed by atoms with van der Waals surface area (Å²) in [4.78, 5) is 27.3. The summed E-state index contributed by atoms with van der Waals surface area (Å²) in [7, 11) is 0. The Balaban J connectivity index is 1.55. The molecule has 3 aromatic rings. The molecule has 0 unspecified atom stereocenters. The monoisotopic (exact) mass is 470 g/mol. The van der Waals surface area contributed by atoms with E-state index in [0.29, 0.717) is 21.3 Å². The van der Waals surface area contributed by atoms with E-state index >= 15 is 0 Å². The summed E-state index contributed by atoms with van der Waals surface area (Å²) < 4.78 is 14.6. The van der Waals surface area contributed by atoms with Gasteiger partial charge in [-0.2, -0.15) is 0 Å². The second-order valence-electron chi connectivity index (χ2n) is 7.14. The number of rotatable bonds is 5. The third-order valence-electron chi connectivity index (χ3n) is 4.83. The van der Waals surface area contributed by atoms with Gasteiger partial charge in [0.05, 0.1) is 16.8 Å². The summed E-state index contributed by atoms with van der Waals surface area (Å²) in [6, 6.07) is 14.9. The van der Waals surface area contributed by atoms with E-state index in [2.05, 4.69) is 10.6 Å². The van der Waals surface area contributed by atoms with Crippen molar-refractivity contribution in [3.63, 3.8) is 0 Å². The number of carbonyl (C=O) groups excluding carboxylic acids is 2. The van der Waals surface area contributed by atoms with Gasteiger partial charge in [-0.3, -0.25) is 15.0 Å². The van der Waals surface area contributed by atoms with Gasteiger partial charge in [0.2, 0.25) is 0 Å². The van der Waals surface area contributed by atoms with E-state index in [1.807, 2.05) is 0 Å². The minimum Gasteiger partial charge on any atom is -0.353 e. The van der Waals surface area contributed by atoms with Gasteiger partial charge in [0.1, 0.15) is 11.7 Å². The predicted molar refractivity (Wildman–Crippen MR) is 124 cm³/mol. The van der Waals surface area contributed by atoms with Crippen LogP contribution < -0.4 is 10.6 Å². The summed E-state index contributed by atoms with van der Waals surface area (Å²) in [6.45, 7) is 1.53. The van der Waals surface area contributed by atoms with Gasteiger partial charge in [-0.25, -0.2) is 4.39 Å². The lowest BCUT2D eigenvalue weighted by atomic mass is 10.1. The van der Waals surface area contributed by atoms with Crippen molar-refractivity contribution in [1.29, 1.82) is 5.41 Å². The first-order valence-electron chi connectivity index (χ1n) is 9.63. The zero-order valence-electron chi connectivity index (χ0n) is 16.6. The quantitative estimate of drug-likeness (QED) is 0.269. The van der Waals surface area contributed by atoms with Crippen LogP contribution in [0.1, 0.15) is 26.3 Å². The molecule has 1 heterocycles. The van der Waals surface area contributed by atoms with Crippen molar-refractivity contribution in [2.45, 2.75) is 0 Å². The lowest BCUT2D eigenvalue weighted by Crippen LogP contribution is -2.19. The molecule has 162 valence electrons. The first-order valence-corrected chi connectivity index (χ1v) is 10.4. The van der Waals surface area contributed by atoms with Crippen molar-refractivity contribution in [2.24, 2.45) is 0 Å². The predicted octanol–water partition coefficient (Wildman–Crippen LogP) is 5.28. The van der Waals surface area contributed by atoms with E-state index in [1.165, 1.54) is 30.3 Å². The average Bonchev–Trinajstić information content (AvgIpc) is 3.61. The van der Waals surface area contributed by atoms with Crippen molar-refractivity contribution < 1.29 is 14.0 Å². The number of carbonyl (C=O) groups is 2. The molecule has 0 bridgehead atoms. The van der Waals surface area contributed by atoms with Gasteiger partial charge in [0.25, 0.3) is 11.8 Å². The first kappa shape index (κ1) is 21.8. The van der Waals surface area contributed by atoms with Crippen LogP contribution in [0.5, 0.6) is 0 Å². The minimum absolute atomic E-state index is 0.112. The van der Waals surface area contributed by atoms with E-state index in [-0.39, 0.29) is 22.6 Å². The molecular formula is C23H17Cl2FN4O2. The third-order valence-corrected chi connectivity index (χ3v) is 5.31. The highest BCUT2D eigenvalue weighted by Crippen LogP contribution is 2.24. The van der Waals surface area contributed by atoms with Crippen LogP contribution in [-0.4, -0.2) is 35.6 Å². The Morgan fingerprint density at radius 3 is 2.16 bits per heavy atom. The van der Waals surface area contributed by atoms with Gasteiger partial charge < -0.3 is 15.5 Å². The van der Waals surface area contributed by atoms with Crippen LogP contribution in [0.25, 0.3) is 0 Å². The number of amides is 2. The van der Waals surface area contributed by atoms with Crippen molar-refractivity contribution >= 4 is 52.2 Å². The number of halogens is 3. The van der Waals surface area contributed by atoms with Crippen LogP contribution in [0.4, 0.5) is 15.8 Å². The molecule has 6 nitrogen and oxygen atoms in total. The lowest BCUT2D eigenvalue weighted by Gasteiger charge is -2.13. The standard InChI is InChI=1S/C23H17Cl2FN4O2/c24-14-2-5-16(6-3-14)28-23(32)18-12-15(25)4-8-20(18)29-22(31)17-7-1-13(11-19(17)26)21(27)30-9-10-30/h1-8,11-12,27H,9-10H2,(H,28,32)(H,29,31). The number of amidine groups is 1. The fourth-order valence-corrected chi connectivity index (χ4v) is 3.34. The molecule has 32 heavy (non-hydrogen) atoms. The maximum Gasteiger partial charge on any atom is 0.258 e. The first-order chi connectivity index (χ1) is 15.3. The highest BCUT2D eigenvalue weighted by atomic mass is 35.5. The molecule has 1 aliphatic rings. The number of benzene rings is 3. The number of nitrogens with zero attached hydrogens (tertiary/aromatic N) is 1. The van der Waals surface area contributed by atoms with E-state index < -0.39 is 17.6 Å². The average molecular weight is 471 g/mol. The van der Waals surface area contributed by atoms with Gasteiger partial charge in [-0.05, 0) is 54.6 Å². The number of hydrogen-bond acceptors (Lipinski definition) is 3. The molecule has 0 radical (unpaired) electrons. The number of nitrogens with one attached hydrogen (secondary N) is 3. The van der Waals surface area contributed by atoms with Crippen LogP contribution in [0.3, 0.4) is 0 Å². The summed E-state index contributed by atoms with van der Waals surface area (Å²) >= 11 is 11.9. The number of anilines is 2. The lowest BCUT2D eigenvalue weighted by molar-refractivity contribution is 0.102. The SMILES string of the molecule is N=C(c1ccc(C(=O)Nc2ccc(Cl)cc2C(=O)Nc2ccc(Cl)cc2)c(F)c1)N1CC1. The van der Waals surface area contributed by atoms with Gasteiger partial charge in [0.15, 0.2) is 0 Å². The van der Waals surface area contributed by atoms with Gasteiger partial charge >= 0.3 is 0 Å². The van der Waals surface area contributed by atoms with Gasteiger partial charge in [-0.1, -0.05) is 29.3 Å². The van der Waals surface area contributed by atoms with E-state index in [4.69, 9.17) is 28.6 Å². The maximum absolute atomic E-state index is 14.6. The topological polar surface area (TPSA) is 85.1 Å². The van der Waals surface area contributed by atoms with Crippen LogP contribution in [-0.2, 0) is 0 Å². The van der Waals surface area contributed by atoms with Gasteiger partial charge in [0, 0.05) is 34.4 Å². The Morgan fingerprint density at radius 1 is 0.844 bits per heavy atom. The molecule has 4 rings (SSSR count). The van der Waals surface area contributed by atoms with Gasteiger partial charge in [-0.15, -0.1) is 0 Å². The molecule has 9 heteroatoms. The molecule has 0 aliphatic carbocycles. The van der Waals surface area contributed by atoms with E-state index in [0.717, 1.165) is 19.2 Å². The van der Waals surface area contributed by atoms with Crippen LogP contribution in [0, 0.1) is 11.2 Å². The summed E-state index contributed by atoms with van der Waals surface area (Å²) in [5.41, 5.74) is 0.983. The Labute approximate surface area is 193 Å². The Kier molecular flexibility index (Phi) is 6.12. The second kappa shape index (κ2) is 8.98. The normalized spacial score (nSPS) is 12.3. The fourth-order valence-electron chi connectivity index (χ4n) is 3.04. The maximum atomic E-state index is 14.6. The van der Waals surface area contributed by atoms with Crippen LogP contribution in [0.2, 0.25) is 10.0 Å². The zero-order valence-corrected chi connectivity index (χ0v) is 18.1. The van der Waals surface area contributed by atoms with E-state index in [1.54, 1.807) is 29.2 Å². The fraction of sp³-hybridized carbons (Fsp3) is 0.0870. The van der Waals surface area contributed by atoms with Crippen LogP contribution in [0.15, 0.2) is 60.7 Å². The summed E-state index contributed by atoms with van der Waals surface area (Å²) in [5.74, 6) is -1.77. The number of hydrogen-bond donors (Lipinski definition) is 3. The molecule has 0 saturated carbocycles.